The molecule has 3 aromatic heterocycles. The number of carbonyl (C=O) groups is 3. The predicted molar refractivity (Wildman–Crippen MR) is 372 cm³/mol. The largest absolute Gasteiger partial charge is 0.476 e. The van der Waals surface area contributed by atoms with Crippen LogP contribution in [0.5, 0.6) is 0 Å². The molecule has 0 spiro atoms. The number of anilines is 6. The zero-order valence-corrected chi connectivity index (χ0v) is 61.1. The monoisotopic (exact) mass is 1670 g/mol. The SMILES string of the molecule is CN(C(=O)c1ncc(Cl)cc1NS(=O)(=O)c1ccc(Cl)c(C(F)(F)F)c1)c1ccc(F)cc1.CNc1ccc(F)cc1.COCN(c1cc(Cl)cnc1C(=O)N(C)c1ccc(F)cc1)S(=O)(=O)c1ccc(Cl)c(C(F)(F)F)c1.COCN(c1cc(Cl)cnc1C(=O)O)S(=O)(=O)c1ccc(Cl)c(C(F)(F)F)c1. The number of carboxylic acids is 1. The van der Waals surface area contributed by atoms with Crippen LogP contribution in [0.25, 0.3) is 0 Å². The van der Waals surface area contributed by atoms with E-state index in [2.05, 4.69) is 20.3 Å². The number of carboxylic acid groups (broad SMARTS) is 1. The zero-order valence-electron chi connectivity index (χ0n) is 54.1. The Kier molecular flexibility index (Phi) is 28.9. The van der Waals surface area contributed by atoms with Crippen molar-refractivity contribution in [3.05, 3.63) is 246 Å². The first kappa shape index (κ1) is 86.0. The third-order valence-corrected chi connectivity index (χ3v) is 20.2. The van der Waals surface area contributed by atoms with Gasteiger partial charge in [0.1, 0.15) is 30.9 Å². The minimum atomic E-state index is -4.93. The number of benzene rings is 6. The molecule has 3 heterocycles. The third kappa shape index (κ3) is 21.9. The number of alkyl halides is 9. The Balaban J connectivity index is 0.000000236. The maximum Gasteiger partial charge on any atom is 0.417 e. The maximum atomic E-state index is 13.5. The van der Waals surface area contributed by atoms with Crippen molar-refractivity contribution in [2.75, 3.05) is 77.3 Å². The summed E-state index contributed by atoms with van der Waals surface area (Å²) in [5.41, 5.74) is -5.29. The molecular weight excluding hydrogens is 1620 g/mol. The van der Waals surface area contributed by atoms with Gasteiger partial charge in [0.15, 0.2) is 17.1 Å². The van der Waals surface area contributed by atoms with Crippen LogP contribution in [-0.4, -0.2) is 112 Å². The quantitative estimate of drug-likeness (QED) is 0.0501. The molecule has 0 bridgehead atoms. The van der Waals surface area contributed by atoms with E-state index in [-0.39, 0.29) is 49.3 Å². The van der Waals surface area contributed by atoms with Gasteiger partial charge < -0.3 is 29.7 Å². The number of amides is 2. The number of aromatic nitrogens is 3. The second kappa shape index (κ2) is 35.6. The van der Waals surface area contributed by atoms with E-state index < -0.39 is 155 Å². The number of nitrogens with zero attached hydrogens (tertiary/aromatic N) is 7. The van der Waals surface area contributed by atoms with Gasteiger partial charge in [-0.05, 0) is 146 Å². The van der Waals surface area contributed by atoms with Crippen molar-refractivity contribution in [3.63, 3.8) is 0 Å². The number of hydrogen-bond donors (Lipinski definition) is 3. The van der Waals surface area contributed by atoms with E-state index in [4.69, 9.17) is 79.1 Å². The number of rotatable bonds is 19. The lowest BCUT2D eigenvalue weighted by molar-refractivity contribution is -0.138. The van der Waals surface area contributed by atoms with Gasteiger partial charge in [-0.15, -0.1) is 0 Å². The minimum Gasteiger partial charge on any atom is -0.476 e. The highest BCUT2D eigenvalue weighted by Crippen LogP contribution is 2.41. The topological polar surface area (TPSA) is 268 Å². The van der Waals surface area contributed by atoms with Crippen LogP contribution >= 0.6 is 69.6 Å². The lowest BCUT2D eigenvalue weighted by atomic mass is 10.2. The molecular formula is C64H49Cl6F12N9O12S3. The summed E-state index contributed by atoms with van der Waals surface area (Å²) in [6.07, 6.45) is -11.5. The summed E-state index contributed by atoms with van der Waals surface area (Å²) < 4.78 is 249. The smallest absolute Gasteiger partial charge is 0.417 e. The van der Waals surface area contributed by atoms with Crippen LogP contribution in [0.3, 0.4) is 0 Å². The molecule has 0 aliphatic rings. The second-order valence-corrected chi connectivity index (χ2v) is 28.8. The first-order valence-corrected chi connectivity index (χ1v) is 35.3. The van der Waals surface area contributed by atoms with Crippen molar-refractivity contribution in [2.45, 2.75) is 33.2 Å². The van der Waals surface area contributed by atoms with Gasteiger partial charge in [-0.3, -0.25) is 14.3 Å². The van der Waals surface area contributed by atoms with E-state index in [0.29, 0.717) is 26.8 Å². The molecule has 3 N–H and O–H groups in total. The van der Waals surface area contributed by atoms with E-state index >= 15 is 0 Å². The average Bonchev–Trinajstić information content (AvgIpc) is 0.773. The Bertz CT molecular complexity index is 5050. The molecule has 0 fully saturated rings. The third-order valence-electron chi connectivity index (χ3n) is 13.8. The second-order valence-electron chi connectivity index (χ2n) is 20.9. The van der Waals surface area contributed by atoms with Crippen molar-refractivity contribution in [2.24, 2.45) is 0 Å². The van der Waals surface area contributed by atoms with Crippen LogP contribution in [0.4, 0.5) is 86.8 Å². The van der Waals surface area contributed by atoms with Gasteiger partial charge in [0, 0.05) is 71.0 Å². The molecule has 566 valence electrons. The maximum absolute atomic E-state index is 13.5. The summed E-state index contributed by atoms with van der Waals surface area (Å²) in [6.45, 7) is -1.41. The lowest BCUT2D eigenvalue weighted by Gasteiger charge is -2.27. The van der Waals surface area contributed by atoms with Crippen molar-refractivity contribution in [1.29, 1.82) is 0 Å². The molecule has 21 nitrogen and oxygen atoms in total. The first-order chi connectivity index (χ1) is 49.3. The van der Waals surface area contributed by atoms with E-state index in [0.717, 1.165) is 127 Å². The Morgan fingerprint density at radius 1 is 0.462 bits per heavy atom. The highest BCUT2D eigenvalue weighted by Gasteiger charge is 2.40. The van der Waals surface area contributed by atoms with E-state index in [1.165, 1.54) is 50.5 Å². The number of methoxy groups -OCH3 is 2. The molecule has 0 aliphatic heterocycles. The summed E-state index contributed by atoms with van der Waals surface area (Å²) >= 11 is 34.4. The van der Waals surface area contributed by atoms with Crippen molar-refractivity contribution in [3.8, 4) is 0 Å². The van der Waals surface area contributed by atoms with Crippen molar-refractivity contribution >= 4 is 152 Å². The molecule has 0 atom stereocenters. The molecule has 106 heavy (non-hydrogen) atoms. The van der Waals surface area contributed by atoms with E-state index in [1.807, 2.05) is 4.72 Å². The molecule has 0 saturated carbocycles. The summed E-state index contributed by atoms with van der Waals surface area (Å²) in [4.78, 5) is 48.9. The standard InChI is InChI=1S/C22H17Cl2F4N3O4S.C20H13Cl2F4N3O3S.C15H11Cl2F3N2O5S.C7H8FN/c1-30(15-5-3-14(25)4-6-15)21(32)20-19(9-13(23)11-29-20)31(12-35-2)36(33,34)16-7-8-18(24)17(10-16)22(26,27)28;1-29(13-4-2-12(23)3-5-13)19(30)18-17(8-11(21)10-27-18)28-33(31,32)14-6-7-16(22)15(9-14)20(24,25)26;1-27-7-22(12-4-8(16)6-21-13(12)14(23)24)28(25,26)9-2-3-11(17)10(5-9)15(18,19)20;1-9-7-4-2-6(8)3-5-7/h3-11H,12H2,1-2H3;2-10,28H,1H3;2-6H,7H2,1H3,(H,23,24);2-5,9H,1H3. The molecule has 9 aromatic rings. The highest BCUT2D eigenvalue weighted by molar-refractivity contribution is 7.93. The Morgan fingerprint density at radius 2 is 0.783 bits per heavy atom. The minimum absolute atomic E-state index is 0.0410. The fourth-order valence-corrected chi connectivity index (χ4v) is 13.7. The Labute approximate surface area is 625 Å². The fourth-order valence-electron chi connectivity index (χ4n) is 8.64. The van der Waals surface area contributed by atoms with E-state index in [9.17, 15) is 97.4 Å². The number of aromatic carboxylic acids is 1. The Hall–Kier alpha value is -8.95. The van der Waals surface area contributed by atoms with Crippen LogP contribution in [0.1, 0.15) is 48.2 Å². The molecule has 6 aromatic carbocycles. The van der Waals surface area contributed by atoms with Crippen LogP contribution in [0.2, 0.25) is 30.1 Å². The summed E-state index contributed by atoms with van der Waals surface area (Å²) in [7, 11) is -7.31. The van der Waals surface area contributed by atoms with E-state index in [1.54, 1.807) is 19.2 Å². The van der Waals surface area contributed by atoms with Gasteiger partial charge in [0.2, 0.25) is 0 Å². The van der Waals surface area contributed by atoms with Gasteiger partial charge >= 0.3 is 24.5 Å². The summed E-state index contributed by atoms with van der Waals surface area (Å²) in [5.74, 6) is -4.44. The zero-order chi connectivity index (χ0) is 79.4. The first-order valence-electron chi connectivity index (χ1n) is 28.7. The molecule has 0 unspecified atom stereocenters. The van der Waals surface area contributed by atoms with Crippen molar-refractivity contribution < 1.29 is 107 Å². The highest BCUT2D eigenvalue weighted by atomic mass is 35.5. The molecule has 2 amide bonds. The predicted octanol–water partition coefficient (Wildman–Crippen LogP) is 17.0. The van der Waals surface area contributed by atoms with Crippen molar-refractivity contribution in [1.82, 2.24) is 15.0 Å². The molecule has 0 saturated heterocycles. The summed E-state index contributed by atoms with van der Waals surface area (Å²) in [5, 5.41) is 9.89. The van der Waals surface area contributed by atoms with Gasteiger partial charge in [-0.25, -0.2) is 66.8 Å². The summed E-state index contributed by atoms with van der Waals surface area (Å²) in [6, 6.07) is 25.3. The number of hydrogen-bond acceptors (Lipinski definition) is 15. The number of halogens is 18. The average molecular weight is 1670 g/mol. The lowest BCUT2D eigenvalue weighted by Crippen LogP contribution is -2.36. The number of sulfonamides is 3. The fraction of sp³-hybridized carbons (Fsp3) is 0.156. The van der Waals surface area contributed by atoms with Crippen LogP contribution in [0.15, 0.2) is 179 Å². The number of pyridine rings is 3. The van der Waals surface area contributed by atoms with Gasteiger partial charge in [-0.1, -0.05) is 69.6 Å². The number of carbonyl (C=O) groups excluding carboxylic acids is 2. The molecule has 0 aliphatic carbocycles. The molecule has 9 rings (SSSR count). The number of nitrogens with one attached hydrogen (secondary N) is 2. The van der Waals surface area contributed by atoms with Gasteiger partial charge in [0.05, 0.1) is 78.6 Å². The van der Waals surface area contributed by atoms with Crippen LogP contribution < -0.4 is 28.4 Å². The van der Waals surface area contributed by atoms with Gasteiger partial charge in [-0.2, -0.15) is 39.5 Å². The van der Waals surface area contributed by atoms with Gasteiger partial charge in [0.25, 0.3) is 41.9 Å². The molecule has 42 heteroatoms. The molecule has 0 radical (unpaired) electrons. The van der Waals surface area contributed by atoms with Crippen LogP contribution in [-0.2, 0) is 58.1 Å². The normalized spacial score (nSPS) is 11.7. The van der Waals surface area contributed by atoms with Crippen LogP contribution in [0, 0.1) is 17.5 Å². The number of ether oxygens (including phenoxy) is 2. The Morgan fingerprint density at radius 3 is 1.14 bits per heavy atom.